The number of nitrogens with zero attached hydrogens (tertiary/aromatic N) is 3. The van der Waals surface area contributed by atoms with Crippen LogP contribution in [0.3, 0.4) is 0 Å². The highest BCUT2D eigenvalue weighted by molar-refractivity contribution is 7.07. The molecule has 0 spiro atoms. The topological polar surface area (TPSA) is 81.0 Å². The first-order valence-corrected chi connectivity index (χ1v) is 12.1. The van der Waals surface area contributed by atoms with Crippen LogP contribution >= 0.6 is 11.3 Å². The second-order valence-electron chi connectivity index (χ2n) is 8.19. The Bertz CT molecular complexity index is 1590. The Morgan fingerprint density at radius 1 is 1.11 bits per heavy atom. The first kappa shape index (κ1) is 22.7. The van der Waals surface area contributed by atoms with Crippen LogP contribution in [0.25, 0.3) is 11.6 Å². The van der Waals surface area contributed by atoms with Gasteiger partial charge in [-0.1, -0.05) is 72.0 Å². The molecule has 8 heteroatoms. The molecule has 1 aromatic heterocycles. The van der Waals surface area contributed by atoms with Gasteiger partial charge < -0.3 is 9.64 Å². The Morgan fingerprint density at radius 3 is 2.57 bits per heavy atom. The van der Waals surface area contributed by atoms with Gasteiger partial charge in [0.2, 0.25) is 0 Å². The lowest BCUT2D eigenvalue weighted by Crippen LogP contribution is -2.39. The number of benzene rings is 2. The van der Waals surface area contributed by atoms with Crippen LogP contribution in [-0.2, 0) is 14.3 Å². The second-order valence-corrected chi connectivity index (χ2v) is 9.17. The minimum atomic E-state index is -0.718. The predicted octanol–water partition coefficient (Wildman–Crippen LogP) is 2.81. The molecule has 176 valence electrons. The molecular formula is C27H23N3O4S. The summed E-state index contributed by atoms with van der Waals surface area (Å²) in [4.78, 5) is 46.5. The fourth-order valence-electron chi connectivity index (χ4n) is 4.42. The number of carbonyl (C=O) groups excluding carboxylic acids is 2. The number of hydrogen-bond donors (Lipinski definition) is 0. The molecule has 2 aliphatic heterocycles. The van der Waals surface area contributed by atoms with Gasteiger partial charge in [-0.25, -0.2) is 9.79 Å². The summed E-state index contributed by atoms with van der Waals surface area (Å²) in [6.07, 6.45) is 3.68. The number of carbonyl (C=O) groups is 2. The van der Waals surface area contributed by atoms with Crippen molar-refractivity contribution in [3.8, 4) is 0 Å². The average Bonchev–Trinajstić information content (AvgIpc) is 3.30. The van der Waals surface area contributed by atoms with Gasteiger partial charge in [-0.3, -0.25) is 14.2 Å². The molecule has 3 heterocycles. The Morgan fingerprint density at radius 2 is 1.83 bits per heavy atom. The lowest BCUT2D eigenvalue weighted by atomic mass is 10.0. The van der Waals surface area contributed by atoms with Crippen LogP contribution in [0.5, 0.6) is 0 Å². The summed E-state index contributed by atoms with van der Waals surface area (Å²) >= 11 is 1.16. The fourth-order valence-corrected chi connectivity index (χ4v) is 5.57. The molecule has 35 heavy (non-hydrogen) atoms. The molecule has 5 rings (SSSR count). The van der Waals surface area contributed by atoms with Gasteiger partial charge >= 0.3 is 5.97 Å². The predicted molar refractivity (Wildman–Crippen MR) is 136 cm³/mol. The molecule has 3 aromatic rings. The molecule has 0 bridgehead atoms. The zero-order valence-corrected chi connectivity index (χ0v) is 20.3. The summed E-state index contributed by atoms with van der Waals surface area (Å²) in [6.45, 7) is 3.68. The van der Waals surface area contributed by atoms with E-state index in [0.717, 1.165) is 22.6 Å². The third-order valence-electron chi connectivity index (χ3n) is 6.09. The summed E-state index contributed by atoms with van der Waals surface area (Å²) in [6, 6.07) is 16.3. The maximum Gasteiger partial charge on any atom is 0.338 e. The maximum atomic E-state index is 13.8. The number of allylic oxidation sites excluding steroid dienone is 2. The molecule has 0 fully saturated rings. The van der Waals surface area contributed by atoms with E-state index in [1.807, 2.05) is 66.7 Å². The van der Waals surface area contributed by atoms with E-state index in [-0.39, 0.29) is 18.1 Å². The monoisotopic (exact) mass is 485 g/mol. The van der Waals surface area contributed by atoms with E-state index < -0.39 is 12.0 Å². The smallest absolute Gasteiger partial charge is 0.338 e. The molecule has 2 aliphatic rings. The van der Waals surface area contributed by atoms with Crippen molar-refractivity contribution in [2.24, 2.45) is 4.99 Å². The number of thiazole rings is 1. The van der Waals surface area contributed by atoms with Crippen molar-refractivity contribution in [1.29, 1.82) is 0 Å². The maximum absolute atomic E-state index is 13.8. The number of anilines is 1. The van der Waals surface area contributed by atoms with Gasteiger partial charge in [0.15, 0.2) is 4.80 Å². The normalized spacial score (nSPS) is 18.5. The zero-order chi connectivity index (χ0) is 24.7. The Hall–Kier alpha value is -4.04. The number of amides is 1. The molecule has 1 amide bonds. The van der Waals surface area contributed by atoms with Gasteiger partial charge in [0.25, 0.3) is 11.5 Å². The zero-order valence-electron chi connectivity index (χ0n) is 19.5. The summed E-state index contributed by atoms with van der Waals surface area (Å²) < 4.78 is 7.10. The average molecular weight is 486 g/mol. The highest BCUT2D eigenvalue weighted by Crippen LogP contribution is 2.34. The van der Waals surface area contributed by atoms with Crippen molar-refractivity contribution >= 4 is 40.5 Å². The van der Waals surface area contributed by atoms with E-state index in [4.69, 9.17) is 4.74 Å². The lowest BCUT2D eigenvalue weighted by molar-refractivity contribution is -0.139. The second kappa shape index (κ2) is 8.96. The summed E-state index contributed by atoms with van der Waals surface area (Å²) in [5, 5.41) is 0. The highest BCUT2D eigenvalue weighted by atomic mass is 32.1. The molecule has 1 unspecified atom stereocenters. The van der Waals surface area contributed by atoms with Crippen molar-refractivity contribution in [3.05, 3.63) is 103 Å². The molecule has 0 radical (unpaired) electrons. The van der Waals surface area contributed by atoms with Gasteiger partial charge in [-0.05, 0) is 25.5 Å². The van der Waals surface area contributed by atoms with E-state index in [9.17, 15) is 14.4 Å². The van der Waals surface area contributed by atoms with Crippen LogP contribution in [0.1, 0.15) is 31.0 Å². The molecule has 0 aliphatic carbocycles. The Kier molecular flexibility index (Phi) is 5.82. The number of rotatable bonds is 4. The highest BCUT2D eigenvalue weighted by Gasteiger charge is 2.34. The Labute approximate surface area is 205 Å². The number of fused-ring (bicyclic) bond motifs is 2. The third kappa shape index (κ3) is 3.76. The Balaban J connectivity index is 1.76. The fraction of sp³-hybridized carbons (Fsp3) is 0.185. The molecule has 7 nitrogen and oxygen atoms in total. The largest absolute Gasteiger partial charge is 0.463 e. The van der Waals surface area contributed by atoms with Crippen molar-refractivity contribution in [3.63, 3.8) is 0 Å². The summed E-state index contributed by atoms with van der Waals surface area (Å²) in [7, 11) is 1.69. The van der Waals surface area contributed by atoms with Crippen LogP contribution in [0.15, 0.2) is 81.7 Å². The van der Waals surface area contributed by atoms with E-state index in [1.54, 1.807) is 25.8 Å². The molecule has 2 aromatic carbocycles. The minimum absolute atomic E-state index is 0.205. The van der Waals surface area contributed by atoms with Crippen molar-refractivity contribution in [1.82, 2.24) is 4.57 Å². The van der Waals surface area contributed by atoms with Crippen molar-refractivity contribution in [2.75, 3.05) is 18.6 Å². The molecule has 0 saturated heterocycles. The number of hydrogen-bond acceptors (Lipinski definition) is 6. The third-order valence-corrected chi connectivity index (χ3v) is 7.14. The quantitative estimate of drug-likeness (QED) is 0.533. The lowest BCUT2D eigenvalue weighted by Gasteiger charge is -2.21. The van der Waals surface area contributed by atoms with Gasteiger partial charge in [0, 0.05) is 12.6 Å². The number of likely N-dealkylation sites (N-methyl/N-ethyl adjacent to an activating group) is 1. The van der Waals surface area contributed by atoms with Crippen molar-refractivity contribution in [2.45, 2.75) is 19.9 Å². The summed E-state index contributed by atoms with van der Waals surface area (Å²) in [5.74, 6) is -0.759. The van der Waals surface area contributed by atoms with Gasteiger partial charge in [0.1, 0.15) is 4.53 Å². The van der Waals surface area contributed by atoms with Gasteiger partial charge in [-0.15, -0.1) is 0 Å². The van der Waals surface area contributed by atoms with Crippen LogP contribution in [-0.4, -0.2) is 30.1 Å². The molecular weight excluding hydrogens is 462 g/mol. The number of para-hydroxylation sites is 1. The van der Waals surface area contributed by atoms with E-state index in [1.165, 1.54) is 4.57 Å². The van der Waals surface area contributed by atoms with Gasteiger partial charge in [-0.2, -0.15) is 0 Å². The number of esters is 1. The first-order valence-electron chi connectivity index (χ1n) is 11.2. The van der Waals surface area contributed by atoms with Gasteiger partial charge in [0.05, 0.1) is 35.2 Å². The molecule has 0 saturated carbocycles. The molecule has 0 N–H and O–H groups in total. The number of aromatic nitrogens is 1. The van der Waals surface area contributed by atoms with E-state index >= 15 is 0 Å². The first-order chi connectivity index (χ1) is 16.9. The van der Waals surface area contributed by atoms with E-state index in [0.29, 0.717) is 31.7 Å². The van der Waals surface area contributed by atoms with Crippen LogP contribution < -0.4 is 19.8 Å². The van der Waals surface area contributed by atoms with E-state index in [2.05, 4.69) is 4.99 Å². The number of ether oxygens (including phenoxy) is 1. The van der Waals surface area contributed by atoms with Crippen molar-refractivity contribution < 1.29 is 14.3 Å². The SMILES string of the molecule is CCOC(=O)C1=C(C)N=c2s/c(=C3\C(=O)N(C)c4ccccc43)c(=O)n2C1/C=C/c1ccccc1. The molecule has 1 atom stereocenters. The van der Waals surface area contributed by atoms with Crippen LogP contribution in [0, 0.1) is 0 Å². The standard InChI is InChI=1S/C27H23N3O4S/c1-4-34-26(33)21-16(2)28-27-30(20(21)15-14-17-10-6-5-7-11-17)25(32)23(35-27)22-18-12-8-9-13-19(18)29(3)24(22)31/h5-15,20H,4H2,1-3H3/b15-14+,23-22-. The van der Waals surface area contributed by atoms with Crippen LogP contribution in [0.4, 0.5) is 5.69 Å². The van der Waals surface area contributed by atoms with Crippen LogP contribution in [0.2, 0.25) is 0 Å². The minimum Gasteiger partial charge on any atom is -0.463 e. The summed E-state index contributed by atoms with van der Waals surface area (Å²) in [5.41, 5.74) is 3.18.